The zero-order chi connectivity index (χ0) is 34.2. The number of pyridine rings is 1. The van der Waals surface area contributed by atoms with Gasteiger partial charge in [-0.2, -0.15) is 0 Å². The van der Waals surface area contributed by atoms with Crippen LogP contribution in [0.3, 0.4) is 0 Å². The lowest BCUT2D eigenvalue weighted by Gasteiger charge is -2.12. The summed E-state index contributed by atoms with van der Waals surface area (Å²) < 4.78 is 8.96. The molecule has 242 valence electrons. The van der Waals surface area contributed by atoms with Crippen LogP contribution in [0.15, 0.2) is 168 Å². The second-order valence-electron chi connectivity index (χ2n) is 13.1. The Morgan fingerprint density at radius 1 is 0.423 bits per heavy atom. The van der Waals surface area contributed by atoms with E-state index in [1.807, 2.05) is 41.7 Å². The number of nitrogens with zero attached hydrogens (tertiary/aromatic N) is 3. The van der Waals surface area contributed by atoms with E-state index in [4.69, 9.17) is 19.4 Å². The van der Waals surface area contributed by atoms with Crippen LogP contribution in [0.4, 0.5) is 0 Å². The van der Waals surface area contributed by atoms with Crippen molar-refractivity contribution in [2.24, 2.45) is 0 Å². The molecule has 11 rings (SSSR count). The summed E-state index contributed by atoms with van der Waals surface area (Å²) in [7, 11) is 0. The van der Waals surface area contributed by atoms with Crippen molar-refractivity contribution < 1.29 is 4.42 Å². The van der Waals surface area contributed by atoms with Gasteiger partial charge in [-0.3, -0.25) is 0 Å². The molecule has 0 saturated carbocycles. The first-order valence-electron chi connectivity index (χ1n) is 17.4. The lowest BCUT2D eigenvalue weighted by Crippen LogP contribution is -1.96. The molecule has 0 aliphatic heterocycles. The molecule has 0 fully saturated rings. The van der Waals surface area contributed by atoms with Crippen LogP contribution in [-0.2, 0) is 0 Å². The van der Waals surface area contributed by atoms with E-state index in [0.717, 1.165) is 77.6 Å². The average Bonchev–Trinajstić information content (AvgIpc) is 3.79. The average molecular weight is 682 g/mol. The highest BCUT2D eigenvalue weighted by molar-refractivity contribution is 7.26. The van der Waals surface area contributed by atoms with Crippen molar-refractivity contribution in [3.63, 3.8) is 0 Å². The minimum absolute atomic E-state index is 0.673. The molecule has 4 aromatic heterocycles. The third-order valence-corrected chi connectivity index (χ3v) is 11.2. The number of fused-ring (bicyclic) bond motifs is 10. The van der Waals surface area contributed by atoms with Gasteiger partial charge in [0.25, 0.3) is 0 Å². The van der Waals surface area contributed by atoms with Crippen molar-refractivity contribution in [2.45, 2.75) is 0 Å². The Labute approximate surface area is 302 Å². The van der Waals surface area contributed by atoms with Gasteiger partial charge in [-0.15, -0.1) is 11.3 Å². The molecule has 4 heterocycles. The molecule has 0 atom stereocenters. The van der Waals surface area contributed by atoms with E-state index in [9.17, 15) is 0 Å². The summed E-state index contributed by atoms with van der Waals surface area (Å²) in [5, 5.41) is 8.16. The normalized spacial score (nSPS) is 11.8. The molecule has 5 heteroatoms. The fourth-order valence-corrected chi connectivity index (χ4v) is 8.78. The largest absolute Gasteiger partial charge is 0.455 e. The maximum absolute atomic E-state index is 6.48. The molecule has 0 spiro atoms. The van der Waals surface area contributed by atoms with Crippen LogP contribution in [0.25, 0.3) is 109 Å². The number of rotatable bonds is 4. The molecular weight excluding hydrogens is 655 g/mol. The van der Waals surface area contributed by atoms with E-state index in [2.05, 4.69) is 133 Å². The lowest BCUT2D eigenvalue weighted by atomic mass is 9.95. The van der Waals surface area contributed by atoms with Crippen LogP contribution in [0.1, 0.15) is 0 Å². The quantitative estimate of drug-likeness (QED) is 0.174. The zero-order valence-electron chi connectivity index (χ0n) is 27.7. The van der Waals surface area contributed by atoms with Crippen molar-refractivity contribution in [1.29, 1.82) is 0 Å². The van der Waals surface area contributed by atoms with Gasteiger partial charge >= 0.3 is 0 Å². The van der Waals surface area contributed by atoms with Crippen LogP contribution >= 0.6 is 11.3 Å². The van der Waals surface area contributed by atoms with Crippen LogP contribution in [0.2, 0.25) is 0 Å². The lowest BCUT2D eigenvalue weighted by molar-refractivity contribution is 0.670. The van der Waals surface area contributed by atoms with E-state index >= 15 is 0 Å². The third-order valence-electron chi connectivity index (χ3n) is 10.1. The SMILES string of the molecule is c1ccc(-c2nc(-c3ccc4sc5ccc6c(-c7ccccc7)nc7ccccc7c6c5c4c3)cc(-c3cccc4c3oc3ccccc34)n2)cc1. The van der Waals surface area contributed by atoms with Crippen LogP contribution < -0.4 is 0 Å². The van der Waals surface area contributed by atoms with Gasteiger partial charge in [-0.25, -0.2) is 15.0 Å². The minimum Gasteiger partial charge on any atom is -0.455 e. The van der Waals surface area contributed by atoms with Crippen molar-refractivity contribution in [1.82, 2.24) is 15.0 Å². The monoisotopic (exact) mass is 681 g/mol. The Morgan fingerprint density at radius 2 is 1.13 bits per heavy atom. The molecule has 7 aromatic carbocycles. The molecule has 0 N–H and O–H groups in total. The van der Waals surface area contributed by atoms with Crippen molar-refractivity contribution in [3.05, 3.63) is 164 Å². The number of thiophene rings is 1. The summed E-state index contributed by atoms with van der Waals surface area (Å²) in [5.41, 5.74) is 9.40. The van der Waals surface area contributed by atoms with Crippen molar-refractivity contribution in [2.75, 3.05) is 0 Å². The highest BCUT2D eigenvalue weighted by atomic mass is 32.1. The predicted molar refractivity (Wildman–Crippen MR) is 217 cm³/mol. The Bertz CT molecular complexity index is 3180. The summed E-state index contributed by atoms with van der Waals surface area (Å²) in [5.74, 6) is 0.673. The fraction of sp³-hybridized carbons (Fsp3) is 0. The summed E-state index contributed by atoms with van der Waals surface area (Å²) in [6.45, 7) is 0. The standard InChI is InChI=1S/C47H27N3OS/c1-3-12-28(13-4-1)45-35-23-25-42-44(43(35)33-17-7-9-20-37(33)48-45)36-26-30(22-24-41(36)52-42)38-27-39(50-47(49-38)29-14-5-2-6-15-29)34-19-11-18-32-31-16-8-10-21-40(31)51-46(32)34/h1-27H. The van der Waals surface area contributed by atoms with Gasteiger partial charge in [0.2, 0.25) is 0 Å². The van der Waals surface area contributed by atoms with E-state index in [1.165, 1.54) is 25.6 Å². The molecule has 0 aliphatic rings. The Balaban J connectivity index is 1.18. The molecular formula is C47H27N3OS. The number of aromatic nitrogens is 3. The molecule has 4 nitrogen and oxygen atoms in total. The Morgan fingerprint density at radius 3 is 2.00 bits per heavy atom. The number of hydrogen-bond acceptors (Lipinski definition) is 5. The smallest absolute Gasteiger partial charge is 0.160 e. The zero-order valence-corrected chi connectivity index (χ0v) is 28.6. The minimum atomic E-state index is 0.673. The van der Waals surface area contributed by atoms with Crippen molar-refractivity contribution >= 4 is 75.1 Å². The van der Waals surface area contributed by atoms with Crippen LogP contribution in [0.5, 0.6) is 0 Å². The predicted octanol–water partition coefficient (Wildman–Crippen LogP) is 13.1. The second kappa shape index (κ2) is 11.4. The van der Waals surface area contributed by atoms with E-state index < -0.39 is 0 Å². The molecule has 0 bridgehead atoms. The van der Waals surface area contributed by atoms with Gasteiger partial charge in [-0.05, 0) is 42.5 Å². The molecule has 52 heavy (non-hydrogen) atoms. The van der Waals surface area contributed by atoms with E-state index in [-0.39, 0.29) is 0 Å². The number of furan rings is 1. The second-order valence-corrected chi connectivity index (χ2v) is 14.2. The molecule has 11 aromatic rings. The van der Waals surface area contributed by atoms with Gasteiger partial charge in [0.15, 0.2) is 5.82 Å². The summed E-state index contributed by atoms with van der Waals surface area (Å²) in [6.07, 6.45) is 0. The van der Waals surface area contributed by atoms with Gasteiger partial charge in [0.1, 0.15) is 11.2 Å². The Kier molecular flexibility index (Phi) is 6.39. The summed E-state index contributed by atoms with van der Waals surface area (Å²) in [4.78, 5) is 15.6. The first-order valence-corrected chi connectivity index (χ1v) is 18.2. The molecule has 0 unspecified atom stereocenters. The molecule has 0 amide bonds. The maximum Gasteiger partial charge on any atom is 0.160 e. The van der Waals surface area contributed by atoms with E-state index in [1.54, 1.807) is 0 Å². The van der Waals surface area contributed by atoms with Crippen LogP contribution in [-0.4, -0.2) is 15.0 Å². The molecule has 0 saturated heterocycles. The highest BCUT2D eigenvalue weighted by Gasteiger charge is 2.19. The Hall–Kier alpha value is -6.69. The highest BCUT2D eigenvalue weighted by Crippen LogP contribution is 2.45. The van der Waals surface area contributed by atoms with Crippen LogP contribution in [0, 0.1) is 0 Å². The van der Waals surface area contributed by atoms with Crippen molar-refractivity contribution in [3.8, 4) is 45.2 Å². The van der Waals surface area contributed by atoms with Gasteiger partial charge in [0, 0.05) is 69.4 Å². The number of para-hydroxylation sites is 3. The summed E-state index contributed by atoms with van der Waals surface area (Å²) >= 11 is 1.83. The fourth-order valence-electron chi connectivity index (χ4n) is 7.68. The molecule has 0 radical (unpaired) electrons. The summed E-state index contributed by atoms with van der Waals surface area (Å²) in [6, 6.07) is 57.1. The third kappa shape index (κ3) is 4.50. The van der Waals surface area contributed by atoms with Gasteiger partial charge < -0.3 is 4.42 Å². The number of benzene rings is 7. The first kappa shape index (κ1) is 29.1. The van der Waals surface area contributed by atoms with Gasteiger partial charge in [-0.1, -0.05) is 121 Å². The van der Waals surface area contributed by atoms with E-state index in [0.29, 0.717) is 5.82 Å². The first-order chi connectivity index (χ1) is 25.8. The topological polar surface area (TPSA) is 51.8 Å². The maximum atomic E-state index is 6.48. The number of hydrogen-bond donors (Lipinski definition) is 0. The molecule has 0 aliphatic carbocycles. The van der Waals surface area contributed by atoms with Gasteiger partial charge in [0.05, 0.1) is 22.6 Å².